The van der Waals surface area contributed by atoms with Gasteiger partial charge >= 0.3 is 0 Å². The van der Waals surface area contributed by atoms with E-state index in [4.69, 9.17) is 19.9 Å². The van der Waals surface area contributed by atoms with Gasteiger partial charge in [0.2, 0.25) is 0 Å². The Labute approximate surface area is 127 Å². The maximum absolute atomic E-state index is 6.15. The van der Waals surface area contributed by atoms with Crippen LogP contribution in [0.15, 0.2) is 22.7 Å². The van der Waals surface area contributed by atoms with Gasteiger partial charge in [0.25, 0.3) is 0 Å². The standard InChI is InChI=1S/C15H20BrNO3/c16-13-7-11(9-17)1-2-14(13)20-12-3-5-19-15(8-12)4-6-18-10-15/h1-2,7,12H,3-6,8-10,17H2. The first kappa shape index (κ1) is 14.3. The molecule has 1 aromatic rings. The first-order valence-electron chi connectivity index (χ1n) is 7.08. The van der Waals surface area contributed by atoms with Crippen molar-refractivity contribution in [2.45, 2.75) is 37.5 Å². The smallest absolute Gasteiger partial charge is 0.133 e. The summed E-state index contributed by atoms with van der Waals surface area (Å²) in [7, 11) is 0. The minimum Gasteiger partial charge on any atom is -0.489 e. The molecule has 2 atom stereocenters. The molecule has 110 valence electrons. The van der Waals surface area contributed by atoms with E-state index in [2.05, 4.69) is 15.9 Å². The fraction of sp³-hybridized carbons (Fsp3) is 0.600. The van der Waals surface area contributed by atoms with Crippen molar-refractivity contribution < 1.29 is 14.2 Å². The molecule has 0 saturated carbocycles. The highest BCUT2D eigenvalue weighted by atomic mass is 79.9. The van der Waals surface area contributed by atoms with Crippen LogP contribution in [0.1, 0.15) is 24.8 Å². The molecule has 2 aliphatic heterocycles. The third-order valence-corrected chi connectivity index (χ3v) is 4.66. The summed E-state index contributed by atoms with van der Waals surface area (Å²) in [6, 6.07) is 6.01. The number of benzene rings is 1. The Morgan fingerprint density at radius 1 is 1.40 bits per heavy atom. The fourth-order valence-corrected chi connectivity index (χ4v) is 3.41. The molecule has 20 heavy (non-hydrogen) atoms. The van der Waals surface area contributed by atoms with E-state index in [-0.39, 0.29) is 11.7 Å². The van der Waals surface area contributed by atoms with Crippen LogP contribution in [-0.4, -0.2) is 31.5 Å². The van der Waals surface area contributed by atoms with E-state index in [0.717, 1.165) is 48.3 Å². The Morgan fingerprint density at radius 3 is 3.00 bits per heavy atom. The van der Waals surface area contributed by atoms with Gasteiger partial charge in [0.15, 0.2) is 0 Å². The highest BCUT2D eigenvalue weighted by molar-refractivity contribution is 9.10. The molecule has 1 aromatic carbocycles. The van der Waals surface area contributed by atoms with E-state index < -0.39 is 0 Å². The van der Waals surface area contributed by atoms with Gasteiger partial charge in [-0.2, -0.15) is 0 Å². The van der Waals surface area contributed by atoms with Crippen LogP contribution in [0.3, 0.4) is 0 Å². The Hall–Kier alpha value is -0.620. The number of rotatable bonds is 3. The van der Waals surface area contributed by atoms with Gasteiger partial charge in [0.05, 0.1) is 23.3 Å². The maximum Gasteiger partial charge on any atom is 0.133 e. The van der Waals surface area contributed by atoms with E-state index in [1.54, 1.807) is 0 Å². The van der Waals surface area contributed by atoms with Crippen molar-refractivity contribution in [3.8, 4) is 5.75 Å². The number of hydrogen-bond acceptors (Lipinski definition) is 4. The average molecular weight is 342 g/mol. The zero-order chi connectivity index (χ0) is 14.0. The third-order valence-electron chi connectivity index (χ3n) is 4.04. The van der Waals surface area contributed by atoms with Crippen LogP contribution in [0.25, 0.3) is 0 Å². The quantitative estimate of drug-likeness (QED) is 0.918. The summed E-state index contributed by atoms with van der Waals surface area (Å²) in [6.07, 6.45) is 2.98. The predicted molar refractivity (Wildman–Crippen MR) is 79.8 cm³/mol. The second kappa shape index (κ2) is 6.02. The Balaban J connectivity index is 1.68. The van der Waals surface area contributed by atoms with E-state index in [1.165, 1.54) is 0 Å². The Morgan fingerprint density at radius 2 is 2.30 bits per heavy atom. The van der Waals surface area contributed by atoms with Gasteiger partial charge in [-0.25, -0.2) is 0 Å². The molecular formula is C15H20BrNO3. The van der Waals surface area contributed by atoms with E-state index in [1.807, 2.05) is 18.2 Å². The molecule has 2 heterocycles. The molecule has 5 heteroatoms. The average Bonchev–Trinajstić information content (AvgIpc) is 2.89. The van der Waals surface area contributed by atoms with Gasteiger partial charge in [0, 0.05) is 32.4 Å². The minimum atomic E-state index is -0.118. The molecule has 0 aliphatic carbocycles. The molecule has 2 N–H and O–H groups in total. The number of hydrogen-bond donors (Lipinski definition) is 1. The second-order valence-electron chi connectivity index (χ2n) is 5.54. The van der Waals surface area contributed by atoms with E-state index in [0.29, 0.717) is 13.2 Å². The Kier molecular flexibility index (Phi) is 4.31. The summed E-state index contributed by atoms with van der Waals surface area (Å²) in [5.41, 5.74) is 6.62. The van der Waals surface area contributed by atoms with Crippen molar-refractivity contribution in [3.05, 3.63) is 28.2 Å². The molecule has 0 amide bonds. The number of nitrogens with two attached hydrogens (primary N) is 1. The van der Waals surface area contributed by atoms with Crippen LogP contribution in [0.4, 0.5) is 0 Å². The minimum absolute atomic E-state index is 0.118. The fourth-order valence-electron chi connectivity index (χ4n) is 2.89. The van der Waals surface area contributed by atoms with Crippen LogP contribution in [-0.2, 0) is 16.0 Å². The van der Waals surface area contributed by atoms with Crippen LogP contribution in [0.5, 0.6) is 5.75 Å². The summed E-state index contributed by atoms with van der Waals surface area (Å²) in [6.45, 7) is 2.77. The molecule has 4 nitrogen and oxygen atoms in total. The summed E-state index contributed by atoms with van der Waals surface area (Å²) < 4.78 is 18.5. The largest absolute Gasteiger partial charge is 0.489 e. The Bertz CT molecular complexity index is 474. The van der Waals surface area contributed by atoms with E-state index >= 15 is 0 Å². The molecule has 0 bridgehead atoms. The van der Waals surface area contributed by atoms with Crippen molar-refractivity contribution >= 4 is 15.9 Å². The van der Waals surface area contributed by atoms with Crippen LogP contribution in [0, 0.1) is 0 Å². The molecule has 2 fully saturated rings. The third kappa shape index (κ3) is 3.01. The predicted octanol–water partition coefficient (Wildman–Crippen LogP) is 2.62. The zero-order valence-corrected chi connectivity index (χ0v) is 13.0. The lowest BCUT2D eigenvalue weighted by atomic mass is 9.91. The van der Waals surface area contributed by atoms with Gasteiger partial charge in [-0.3, -0.25) is 0 Å². The van der Waals surface area contributed by atoms with Gasteiger partial charge < -0.3 is 19.9 Å². The molecular weight excluding hydrogens is 322 g/mol. The summed E-state index contributed by atoms with van der Waals surface area (Å²) in [5, 5.41) is 0. The lowest BCUT2D eigenvalue weighted by molar-refractivity contribution is -0.112. The van der Waals surface area contributed by atoms with Gasteiger partial charge in [-0.05, 0) is 33.6 Å². The maximum atomic E-state index is 6.15. The monoisotopic (exact) mass is 341 g/mol. The molecule has 0 aromatic heterocycles. The van der Waals surface area contributed by atoms with Gasteiger partial charge in [0.1, 0.15) is 11.9 Å². The van der Waals surface area contributed by atoms with Crippen LogP contribution >= 0.6 is 15.9 Å². The molecule has 1 spiro atoms. The SMILES string of the molecule is NCc1ccc(OC2CCOC3(CCOC3)C2)c(Br)c1. The molecule has 0 radical (unpaired) electrons. The summed E-state index contributed by atoms with van der Waals surface area (Å²) >= 11 is 3.55. The van der Waals surface area contributed by atoms with Crippen LogP contribution < -0.4 is 10.5 Å². The lowest BCUT2D eigenvalue weighted by Crippen LogP contribution is -2.44. The topological polar surface area (TPSA) is 53.7 Å². The molecule has 3 rings (SSSR count). The molecule has 2 unspecified atom stereocenters. The van der Waals surface area contributed by atoms with Crippen molar-refractivity contribution in [1.82, 2.24) is 0 Å². The number of halogens is 1. The van der Waals surface area contributed by atoms with Crippen molar-refractivity contribution in [2.75, 3.05) is 19.8 Å². The van der Waals surface area contributed by atoms with Gasteiger partial charge in [-0.15, -0.1) is 0 Å². The van der Waals surface area contributed by atoms with Crippen LogP contribution in [0.2, 0.25) is 0 Å². The van der Waals surface area contributed by atoms with Crippen molar-refractivity contribution in [3.63, 3.8) is 0 Å². The summed E-state index contributed by atoms with van der Waals surface area (Å²) in [4.78, 5) is 0. The van der Waals surface area contributed by atoms with Crippen molar-refractivity contribution in [1.29, 1.82) is 0 Å². The molecule has 2 aliphatic rings. The highest BCUT2D eigenvalue weighted by Crippen LogP contribution is 2.36. The second-order valence-corrected chi connectivity index (χ2v) is 6.39. The van der Waals surface area contributed by atoms with E-state index in [9.17, 15) is 0 Å². The highest BCUT2D eigenvalue weighted by Gasteiger charge is 2.41. The molecule has 2 saturated heterocycles. The summed E-state index contributed by atoms with van der Waals surface area (Å²) in [5.74, 6) is 0.878. The normalized spacial score (nSPS) is 29.8. The van der Waals surface area contributed by atoms with Gasteiger partial charge in [-0.1, -0.05) is 6.07 Å². The number of ether oxygens (including phenoxy) is 3. The zero-order valence-electron chi connectivity index (χ0n) is 11.4. The first-order valence-corrected chi connectivity index (χ1v) is 7.87. The first-order chi connectivity index (χ1) is 9.71. The lowest BCUT2D eigenvalue weighted by Gasteiger charge is -2.37. The van der Waals surface area contributed by atoms with Crippen molar-refractivity contribution in [2.24, 2.45) is 5.73 Å².